The van der Waals surface area contributed by atoms with Crippen molar-refractivity contribution < 1.29 is 22.6 Å². The quantitative estimate of drug-likeness (QED) is 0.867. The SMILES string of the molecule is [2H]c1nc(N(C)[C@@]2([2H])C([2H])([2H])N(C(=O)C[N+]#[C-])C([2H])([2H])C([2H])([2H])[C@@]2([2H])C([2H])([2H])[2H])c2c([2H])c(C)[nH]c2n1. The van der Waals surface area contributed by atoms with Crippen molar-refractivity contribution in [2.75, 3.05) is 31.5 Å². The predicted octanol–water partition coefficient (Wildman–Crippen LogP) is 1.86. The average Bonchev–Trinajstić information content (AvgIpc) is 3.02. The molecule has 0 bridgehead atoms. The molecule has 0 unspecified atom stereocenters. The summed E-state index contributed by atoms with van der Waals surface area (Å²) in [5, 5.41) is -0.209. The first-order valence-corrected chi connectivity index (χ1v) is 6.81. The fourth-order valence-electron chi connectivity index (χ4n) is 2.16. The number of aryl methyl sites for hydroxylation is 1. The number of anilines is 1. The molecule has 7 nitrogen and oxygen atoms in total. The number of hydrogen-bond donors (Lipinski definition) is 1. The van der Waals surface area contributed by atoms with Crippen molar-refractivity contribution in [1.82, 2.24) is 19.9 Å². The van der Waals surface area contributed by atoms with Gasteiger partial charge < -0.3 is 19.6 Å². The Morgan fingerprint density at radius 1 is 1.75 bits per heavy atom. The van der Waals surface area contributed by atoms with Gasteiger partial charge in [-0.15, -0.1) is 0 Å². The Bertz CT molecular complexity index is 1320. The van der Waals surface area contributed by atoms with Gasteiger partial charge in [0.25, 0.3) is 6.54 Å². The summed E-state index contributed by atoms with van der Waals surface area (Å²) >= 11 is 0. The molecule has 7 heteroatoms. The number of fused-ring (bicyclic) bond motifs is 1. The van der Waals surface area contributed by atoms with E-state index in [0.717, 1.165) is 7.05 Å². The minimum atomic E-state index is -3.96. The van der Waals surface area contributed by atoms with E-state index < -0.39 is 62.7 Å². The zero-order chi connectivity index (χ0) is 28.7. The summed E-state index contributed by atoms with van der Waals surface area (Å²) in [6.07, 6.45) is -4.66. The van der Waals surface area contributed by atoms with Crippen LogP contribution in [0.15, 0.2) is 12.3 Å². The van der Waals surface area contributed by atoms with Crippen LogP contribution in [0.5, 0.6) is 0 Å². The number of rotatable bonds is 3. The molecule has 1 N–H and O–H groups in total. The molecule has 0 aromatic carbocycles. The maximum Gasteiger partial charge on any atom is 0.302 e. The molecule has 3 heterocycles. The number of amides is 1. The van der Waals surface area contributed by atoms with Crippen molar-refractivity contribution in [2.24, 2.45) is 5.89 Å². The zero-order valence-corrected chi connectivity index (χ0v) is 12.9. The van der Waals surface area contributed by atoms with Crippen molar-refractivity contribution in [2.45, 2.75) is 26.2 Å². The van der Waals surface area contributed by atoms with E-state index in [4.69, 9.17) is 23.0 Å². The monoisotopic (exact) mass is 339 g/mol. The Morgan fingerprint density at radius 2 is 2.58 bits per heavy atom. The number of carbonyl (C=O) groups is 1. The lowest BCUT2D eigenvalue weighted by Crippen LogP contribution is -2.53. The molecule has 2 atom stereocenters. The number of piperidine rings is 1. The van der Waals surface area contributed by atoms with Crippen LogP contribution in [0.25, 0.3) is 15.9 Å². The van der Waals surface area contributed by atoms with Gasteiger partial charge in [-0.05, 0) is 25.2 Å². The smallest absolute Gasteiger partial charge is 0.302 e. The van der Waals surface area contributed by atoms with Gasteiger partial charge >= 0.3 is 5.91 Å². The molecule has 3 rings (SSSR count). The van der Waals surface area contributed by atoms with Crippen LogP contribution in [0.1, 0.15) is 36.7 Å². The van der Waals surface area contributed by atoms with Crippen molar-refractivity contribution in [1.29, 1.82) is 0 Å². The van der Waals surface area contributed by atoms with Crippen LogP contribution >= 0.6 is 0 Å². The summed E-state index contributed by atoms with van der Waals surface area (Å²) in [4.78, 5) is 26.0. The van der Waals surface area contributed by atoms with Gasteiger partial charge in [0.2, 0.25) is 0 Å². The third kappa shape index (κ3) is 2.92. The molecule has 1 amide bonds. The van der Waals surface area contributed by atoms with Crippen molar-refractivity contribution in [3.8, 4) is 0 Å². The number of likely N-dealkylation sites (tertiary alicyclic amines) is 1. The summed E-state index contributed by atoms with van der Waals surface area (Å²) < 4.78 is 109. The van der Waals surface area contributed by atoms with Crippen LogP contribution in [0, 0.1) is 19.4 Å². The highest BCUT2D eigenvalue weighted by molar-refractivity contribution is 5.88. The number of aromatic amines is 1. The number of aromatic nitrogens is 3. The number of nitrogens with zero attached hydrogens (tertiary/aromatic N) is 5. The largest absolute Gasteiger partial charge is 0.354 e. The van der Waals surface area contributed by atoms with Crippen LogP contribution in [-0.2, 0) is 4.79 Å². The number of nitrogens with one attached hydrogen (secondary N) is 1. The number of carbonyl (C=O) groups excluding carboxylic acids is 1. The molecule has 1 saturated heterocycles. The Morgan fingerprint density at radius 3 is 3.33 bits per heavy atom. The minimum absolute atomic E-state index is 0.118. The lowest BCUT2D eigenvalue weighted by molar-refractivity contribution is -0.130. The third-order valence-electron chi connectivity index (χ3n) is 3.26. The maximum absolute atomic E-state index is 12.8. The highest BCUT2D eigenvalue weighted by Gasteiger charge is 2.33. The van der Waals surface area contributed by atoms with E-state index in [0.29, 0.717) is 4.90 Å². The van der Waals surface area contributed by atoms with Crippen molar-refractivity contribution in [3.63, 3.8) is 0 Å². The molecular weight excluding hydrogens is 304 g/mol. The first kappa shape index (κ1) is 6.71. The standard InChI is InChI=1S/C17H22N6O/c1-11-5-6-23(15(24)8-18-3)9-14(11)22(4)17-13-7-12(2)21-16(13)19-10-20-17/h7,10-11,14H,5-6,8-9H2,1-2,4H3,(H,19,20,21)/t11-,14+/m1/s1/i1D3,5D2,6D2,7D,9D2,10D,11D,14D. The second-order valence-corrected chi connectivity index (χ2v) is 4.92. The van der Waals surface area contributed by atoms with E-state index >= 15 is 0 Å². The van der Waals surface area contributed by atoms with Crippen LogP contribution < -0.4 is 4.90 Å². The van der Waals surface area contributed by atoms with Gasteiger partial charge in [-0.3, -0.25) is 4.79 Å². The Labute approximate surface area is 159 Å². The van der Waals surface area contributed by atoms with E-state index in [1.807, 2.05) is 0 Å². The van der Waals surface area contributed by atoms with Crippen molar-refractivity contribution in [3.05, 3.63) is 29.5 Å². The van der Waals surface area contributed by atoms with Gasteiger partial charge in [0, 0.05) is 36.7 Å². The summed E-state index contributed by atoms with van der Waals surface area (Å²) in [5.41, 5.74) is 0.0942. The fourth-order valence-corrected chi connectivity index (χ4v) is 2.16. The normalized spacial score (nSPS) is 41.7. The van der Waals surface area contributed by atoms with Crippen molar-refractivity contribution >= 4 is 22.8 Å². The lowest BCUT2D eigenvalue weighted by atomic mass is 9.92. The molecule has 2 aromatic rings. The van der Waals surface area contributed by atoms with E-state index in [9.17, 15) is 6.17 Å². The molecular formula is C17H22N6O. The van der Waals surface area contributed by atoms with Crippen LogP contribution in [0.4, 0.5) is 5.82 Å². The molecule has 0 spiro atoms. The number of H-pyrrole nitrogens is 1. The van der Waals surface area contributed by atoms with Gasteiger partial charge in [-0.25, -0.2) is 16.5 Å². The third-order valence-corrected chi connectivity index (χ3v) is 3.26. The summed E-state index contributed by atoms with van der Waals surface area (Å²) in [7, 11) is 0.872. The fraction of sp³-hybridized carbons (Fsp3) is 0.529. The van der Waals surface area contributed by atoms with E-state index in [2.05, 4.69) is 19.8 Å². The number of likely N-dealkylation sites (N-methyl/N-ethyl adjacent to an activating group) is 1. The average molecular weight is 339 g/mol. The van der Waals surface area contributed by atoms with Gasteiger partial charge in [-0.1, -0.05) is 6.85 Å². The summed E-state index contributed by atoms with van der Waals surface area (Å²) in [6, 6.07) is -3.98. The van der Waals surface area contributed by atoms with Gasteiger partial charge in [-0.2, -0.15) is 0 Å². The van der Waals surface area contributed by atoms with E-state index in [1.165, 1.54) is 6.92 Å². The molecule has 2 aromatic heterocycles. The highest BCUT2D eigenvalue weighted by atomic mass is 16.2. The molecule has 0 saturated carbocycles. The first-order chi connectivity index (χ1) is 16.6. The maximum atomic E-state index is 12.8. The topological polar surface area (TPSA) is 69.5 Å². The van der Waals surface area contributed by atoms with Gasteiger partial charge in [0.15, 0.2) is 0 Å². The zero-order valence-electron chi connectivity index (χ0n) is 25.9. The van der Waals surface area contributed by atoms with Crippen LogP contribution in [0.3, 0.4) is 0 Å². The van der Waals surface area contributed by atoms with Crippen LogP contribution in [0.2, 0.25) is 0 Å². The molecule has 0 radical (unpaired) electrons. The molecule has 24 heavy (non-hydrogen) atoms. The Kier molecular flexibility index (Phi) is 1.81. The Balaban J connectivity index is 2.53. The Hall–Kier alpha value is -2.62. The van der Waals surface area contributed by atoms with Gasteiger partial charge in [0.05, 0.1) is 16.9 Å². The second kappa shape index (κ2) is 6.48. The lowest BCUT2D eigenvalue weighted by Gasteiger charge is -2.41. The number of hydrogen-bond acceptors (Lipinski definition) is 4. The first-order valence-electron chi connectivity index (χ1n) is 13.3. The second-order valence-electron chi connectivity index (χ2n) is 4.92. The molecule has 1 aliphatic rings. The van der Waals surface area contributed by atoms with E-state index in [-0.39, 0.29) is 27.7 Å². The molecule has 1 fully saturated rings. The minimum Gasteiger partial charge on any atom is -0.354 e. The summed E-state index contributed by atoms with van der Waals surface area (Å²) in [6.45, 7) is -4.24. The van der Waals surface area contributed by atoms with Gasteiger partial charge in [0.1, 0.15) is 19.1 Å². The van der Waals surface area contributed by atoms with E-state index in [1.54, 1.807) is 0 Å². The highest BCUT2D eigenvalue weighted by Crippen LogP contribution is 2.29. The summed E-state index contributed by atoms with van der Waals surface area (Å²) in [5.74, 6) is -6.14. The molecule has 0 aliphatic carbocycles. The molecule has 1 aliphatic heterocycles. The predicted molar refractivity (Wildman–Crippen MR) is 92.6 cm³/mol. The molecule has 126 valence electrons. The van der Waals surface area contributed by atoms with Crippen LogP contribution in [-0.4, -0.2) is 58.4 Å².